The first-order valence-electron chi connectivity index (χ1n) is 8.63. The zero-order valence-corrected chi connectivity index (χ0v) is 16.6. The number of ether oxygens (including phenoxy) is 2. The molecule has 0 atom stereocenters. The number of esters is 2. The lowest BCUT2D eigenvalue weighted by molar-refractivity contribution is -0.116. The predicted octanol–water partition coefficient (Wildman–Crippen LogP) is 2.94. The summed E-state index contributed by atoms with van der Waals surface area (Å²) in [6.07, 6.45) is 4.05. The minimum atomic E-state index is -0.577. The van der Waals surface area contributed by atoms with E-state index in [1.807, 2.05) is 13.8 Å². The smallest absolute Gasteiger partial charge is 0.348 e. The average Bonchev–Trinajstić information content (AvgIpc) is 3.16. The van der Waals surface area contributed by atoms with Crippen molar-refractivity contribution in [3.8, 4) is 0 Å². The molecule has 0 aromatic carbocycles. The molecule has 9 heteroatoms. The Kier molecular flexibility index (Phi) is 7.12. The van der Waals surface area contributed by atoms with Crippen molar-refractivity contribution in [1.29, 1.82) is 0 Å². The van der Waals surface area contributed by atoms with E-state index in [9.17, 15) is 14.4 Å². The van der Waals surface area contributed by atoms with Crippen molar-refractivity contribution in [3.63, 3.8) is 0 Å². The Morgan fingerprint density at radius 2 is 1.93 bits per heavy atom. The zero-order chi connectivity index (χ0) is 20.0. The molecule has 1 N–H and O–H groups in total. The number of hydrogen-bond acceptors (Lipinski definition) is 7. The molecule has 0 spiro atoms. The van der Waals surface area contributed by atoms with E-state index in [2.05, 4.69) is 10.4 Å². The summed E-state index contributed by atoms with van der Waals surface area (Å²) < 4.78 is 11.7. The van der Waals surface area contributed by atoms with Crippen molar-refractivity contribution >= 4 is 34.2 Å². The third kappa shape index (κ3) is 5.16. The van der Waals surface area contributed by atoms with Crippen molar-refractivity contribution in [2.45, 2.75) is 40.7 Å². The van der Waals surface area contributed by atoms with E-state index in [1.54, 1.807) is 26.2 Å². The van der Waals surface area contributed by atoms with Gasteiger partial charge in [0.2, 0.25) is 5.91 Å². The monoisotopic (exact) mass is 393 g/mol. The van der Waals surface area contributed by atoms with Crippen LogP contribution >= 0.6 is 11.3 Å². The first kappa shape index (κ1) is 20.6. The third-order valence-corrected chi connectivity index (χ3v) is 4.76. The van der Waals surface area contributed by atoms with Gasteiger partial charge >= 0.3 is 11.9 Å². The van der Waals surface area contributed by atoms with Gasteiger partial charge in [-0.15, -0.1) is 11.3 Å². The van der Waals surface area contributed by atoms with Crippen LogP contribution in [0.25, 0.3) is 0 Å². The number of anilines is 1. The van der Waals surface area contributed by atoms with Crippen molar-refractivity contribution in [3.05, 3.63) is 34.0 Å². The number of carbonyl (C=O) groups is 3. The van der Waals surface area contributed by atoms with Crippen LogP contribution in [0.4, 0.5) is 5.00 Å². The molecule has 2 aromatic heterocycles. The second-order valence-corrected chi connectivity index (χ2v) is 6.90. The van der Waals surface area contributed by atoms with Crippen LogP contribution in [0.3, 0.4) is 0 Å². The molecule has 0 aliphatic carbocycles. The largest absolute Gasteiger partial charge is 0.462 e. The SMILES string of the molecule is CCCOC(=O)c1c(NC(=O)Cn2cc(C)cn2)sc(C(=O)OCC)c1C. The number of rotatable bonds is 8. The van der Waals surface area contributed by atoms with Gasteiger partial charge in [0.05, 0.1) is 25.0 Å². The Labute approximate surface area is 161 Å². The van der Waals surface area contributed by atoms with Gasteiger partial charge in [-0.05, 0) is 38.3 Å². The molecular formula is C18H23N3O5S. The van der Waals surface area contributed by atoms with Gasteiger partial charge in [-0.2, -0.15) is 5.10 Å². The lowest BCUT2D eigenvalue weighted by Gasteiger charge is -2.08. The van der Waals surface area contributed by atoms with E-state index in [0.717, 1.165) is 16.9 Å². The quantitative estimate of drug-likeness (QED) is 0.692. The number of nitrogens with zero attached hydrogens (tertiary/aromatic N) is 2. The number of thiophene rings is 1. The van der Waals surface area contributed by atoms with Gasteiger partial charge in [0.25, 0.3) is 0 Å². The standard InChI is InChI=1S/C18H23N3O5S/c1-5-7-26-17(23)14-12(4)15(18(24)25-6-2)27-16(14)20-13(22)10-21-9-11(3)8-19-21/h8-9H,5-7,10H2,1-4H3,(H,20,22). The Bertz CT molecular complexity index is 840. The fourth-order valence-corrected chi connectivity index (χ4v) is 3.48. The van der Waals surface area contributed by atoms with Gasteiger partial charge in [-0.3, -0.25) is 9.48 Å². The van der Waals surface area contributed by atoms with Crippen LogP contribution in [0.15, 0.2) is 12.4 Å². The maximum Gasteiger partial charge on any atom is 0.348 e. The Balaban J connectivity index is 2.28. The van der Waals surface area contributed by atoms with Gasteiger partial charge in [0.15, 0.2) is 0 Å². The lowest BCUT2D eigenvalue weighted by Crippen LogP contribution is -2.20. The number of aryl methyl sites for hydroxylation is 1. The van der Waals surface area contributed by atoms with Gasteiger partial charge in [0.1, 0.15) is 16.4 Å². The average molecular weight is 393 g/mol. The molecule has 2 rings (SSSR count). The normalized spacial score (nSPS) is 10.5. The summed E-state index contributed by atoms with van der Waals surface area (Å²) in [6.45, 7) is 7.55. The Hall–Kier alpha value is -2.68. The molecule has 0 saturated carbocycles. The fourth-order valence-electron chi connectivity index (χ4n) is 2.37. The highest BCUT2D eigenvalue weighted by molar-refractivity contribution is 7.18. The Morgan fingerprint density at radius 1 is 1.19 bits per heavy atom. The molecule has 0 bridgehead atoms. The van der Waals surface area contributed by atoms with Crippen molar-refractivity contribution in [1.82, 2.24) is 9.78 Å². The van der Waals surface area contributed by atoms with E-state index in [0.29, 0.717) is 12.0 Å². The van der Waals surface area contributed by atoms with Crippen molar-refractivity contribution in [2.75, 3.05) is 18.5 Å². The molecule has 0 aliphatic heterocycles. The molecule has 1 amide bonds. The van der Waals surface area contributed by atoms with Gasteiger partial charge < -0.3 is 14.8 Å². The first-order chi connectivity index (χ1) is 12.9. The van der Waals surface area contributed by atoms with Crippen LogP contribution < -0.4 is 5.32 Å². The maximum atomic E-state index is 12.4. The molecule has 0 aliphatic rings. The molecule has 0 unspecified atom stereocenters. The van der Waals surface area contributed by atoms with E-state index >= 15 is 0 Å². The summed E-state index contributed by atoms with van der Waals surface area (Å²) in [5.74, 6) is -1.47. The molecule has 2 aromatic rings. The van der Waals surface area contributed by atoms with Crippen LogP contribution in [0.5, 0.6) is 0 Å². The van der Waals surface area contributed by atoms with E-state index in [1.165, 1.54) is 4.68 Å². The summed E-state index contributed by atoms with van der Waals surface area (Å²) in [5.41, 5.74) is 1.55. The molecule has 0 saturated heterocycles. The summed E-state index contributed by atoms with van der Waals surface area (Å²) >= 11 is 1.00. The molecular weight excluding hydrogens is 370 g/mol. The summed E-state index contributed by atoms with van der Waals surface area (Å²) in [4.78, 5) is 37.2. The van der Waals surface area contributed by atoms with Crippen LogP contribution in [0.1, 0.15) is 51.4 Å². The highest BCUT2D eigenvalue weighted by atomic mass is 32.1. The third-order valence-electron chi connectivity index (χ3n) is 3.57. The summed E-state index contributed by atoms with van der Waals surface area (Å²) in [5, 5.41) is 7.03. The topological polar surface area (TPSA) is 99.5 Å². The molecule has 146 valence electrons. The summed E-state index contributed by atoms with van der Waals surface area (Å²) in [7, 11) is 0. The second kappa shape index (κ2) is 9.31. The molecule has 27 heavy (non-hydrogen) atoms. The molecule has 0 radical (unpaired) electrons. The number of aromatic nitrogens is 2. The first-order valence-corrected chi connectivity index (χ1v) is 9.45. The minimum Gasteiger partial charge on any atom is -0.462 e. The van der Waals surface area contributed by atoms with E-state index in [4.69, 9.17) is 9.47 Å². The second-order valence-electron chi connectivity index (χ2n) is 5.88. The zero-order valence-electron chi connectivity index (χ0n) is 15.8. The lowest BCUT2D eigenvalue weighted by atomic mass is 10.1. The van der Waals surface area contributed by atoms with E-state index < -0.39 is 11.9 Å². The fraction of sp³-hybridized carbons (Fsp3) is 0.444. The van der Waals surface area contributed by atoms with Crippen molar-refractivity contribution in [2.24, 2.45) is 0 Å². The predicted molar refractivity (Wildman–Crippen MR) is 101 cm³/mol. The number of nitrogens with one attached hydrogen (secondary N) is 1. The highest BCUT2D eigenvalue weighted by Crippen LogP contribution is 2.34. The Morgan fingerprint density at radius 3 is 2.52 bits per heavy atom. The van der Waals surface area contributed by atoms with Crippen LogP contribution in [0, 0.1) is 13.8 Å². The van der Waals surface area contributed by atoms with Crippen LogP contribution in [-0.2, 0) is 20.8 Å². The molecule has 0 fully saturated rings. The van der Waals surface area contributed by atoms with Crippen molar-refractivity contribution < 1.29 is 23.9 Å². The van der Waals surface area contributed by atoms with Crippen LogP contribution in [0.2, 0.25) is 0 Å². The molecule has 2 heterocycles. The number of amides is 1. The summed E-state index contributed by atoms with van der Waals surface area (Å²) in [6, 6.07) is 0. The van der Waals surface area contributed by atoms with E-state index in [-0.39, 0.29) is 41.1 Å². The molecule has 8 nitrogen and oxygen atoms in total. The number of hydrogen-bond donors (Lipinski definition) is 1. The van der Waals surface area contributed by atoms with Gasteiger partial charge in [-0.25, -0.2) is 9.59 Å². The highest BCUT2D eigenvalue weighted by Gasteiger charge is 2.27. The van der Waals surface area contributed by atoms with Gasteiger partial charge in [0, 0.05) is 6.20 Å². The minimum absolute atomic E-state index is 0.0109. The van der Waals surface area contributed by atoms with Crippen LogP contribution in [-0.4, -0.2) is 40.8 Å². The maximum absolute atomic E-state index is 12.4. The number of carbonyl (C=O) groups excluding carboxylic acids is 3. The van der Waals surface area contributed by atoms with Gasteiger partial charge in [-0.1, -0.05) is 6.92 Å².